The zero-order valence-corrected chi connectivity index (χ0v) is 16.0. The Morgan fingerprint density at radius 3 is 2.50 bits per heavy atom. The molecular weight excluding hydrogens is 279 g/mol. The van der Waals surface area contributed by atoms with Gasteiger partial charge in [0.15, 0.2) is 0 Å². The number of aromatic nitrogens is 1. The van der Waals surface area contributed by atoms with Crippen LogP contribution in [-0.2, 0) is 16.0 Å². The molecule has 1 heterocycles. The zero-order chi connectivity index (χ0) is 13.6. The van der Waals surface area contributed by atoms with Crippen LogP contribution < -0.4 is 51.4 Å². The first-order valence-corrected chi connectivity index (χ1v) is 7.11. The van der Waals surface area contributed by atoms with E-state index in [-0.39, 0.29) is 51.4 Å². The topological polar surface area (TPSA) is 45.5 Å². The van der Waals surface area contributed by atoms with Gasteiger partial charge in [0.2, 0.25) is 0 Å². The van der Waals surface area contributed by atoms with Crippen molar-refractivity contribution < 1.29 is 60.9 Å². The molecule has 0 spiro atoms. The van der Waals surface area contributed by atoms with Crippen LogP contribution in [0, 0.1) is 0 Å². The van der Waals surface area contributed by atoms with E-state index in [2.05, 4.69) is 10.3 Å². The molecule has 0 unspecified atom stereocenters. The summed E-state index contributed by atoms with van der Waals surface area (Å²) in [6, 6.07) is 4.02. The van der Waals surface area contributed by atoms with Crippen molar-refractivity contribution in [3.8, 4) is 0 Å². The second-order valence-electron chi connectivity index (χ2n) is 4.33. The minimum Gasteiger partial charge on any atom is -0.658 e. The second-order valence-corrected chi connectivity index (χ2v) is 4.33. The number of hydrogen-bond donors (Lipinski definition) is 0. The predicted octanol–water partition coefficient (Wildman–Crippen LogP) is 0.183. The Labute approximate surface area is 165 Å². The third-order valence-electron chi connectivity index (χ3n) is 2.72. The van der Waals surface area contributed by atoms with E-state index in [9.17, 15) is 0 Å². The molecule has 108 valence electrons. The fourth-order valence-electron chi connectivity index (χ4n) is 1.67. The first kappa shape index (κ1) is 20.7. The number of unbranched alkanes of at least 4 members (excludes halogenated alkanes) is 2. The first-order chi connectivity index (χ1) is 9.43. The molecule has 4 nitrogen and oxygen atoms in total. The van der Waals surface area contributed by atoms with Gasteiger partial charge in [0, 0.05) is 25.6 Å². The van der Waals surface area contributed by atoms with Gasteiger partial charge in [0.05, 0.1) is 13.2 Å². The number of ether oxygens (including phenoxy) is 2. The van der Waals surface area contributed by atoms with Gasteiger partial charge in [-0.15, -0.1) is 13.1 Å². The molecule has 0 amide bonds. The Kier molecular flexibility index (Phi) is 16.6. The molecule has 0 N–H and O–H groups in total. The maximum absolute atomic E-state index is 5.45. The number of rotatable bonds is 12. The summed E-state index contributed by atoms with van der Waals surface area (Å²) in [5, 5.41) is 4.51. The Balaban J connectivity index is 0.00000361. The average molecular weight is 304 g/mol. The molecule has 0 bridgehead atoms. The Morgan fingerprint density at radius 2 is 1.75 bits per heavy atom. The summed E-state index contributed by atoms with van der Waals surface area (Å²) >= 11 is 0. The van der Waals surface area contributed by atoms with Crippen molar-refractivity contribution in [1.29, 1.82) is 0 Å². The Morgan fingerprint density at radius 1 is 1.00 bits per heavy atom. The largest absolute Gasteiger partial charge is 1.00 e. The van der Waals surface area contributed by atoms with E-state index in [1.54, 1.807) is 0 Å². The van der Waals surface area contributed by atoms with Crippen molar-refractivity contribution in [3.05, 3.63) is 35.4 Å². The summed E-state index contributed by atoms with van der Waals surface area (Å²) in [6.07, 6.45) is 7.04. The van der Waals surface area contributed by atoms with Gasteiger partial charge in [-0.2, -0.15) is 0 Å². The molecule has 0 aliphatic rings. The molecule has 20 heavy (non-hydrogen) atoms. The van der Waals surface area contributed by atoms with Crippen LogP contribution in [0.4, 0.5) is 0 Å². The van der Waals surface area contributed by atoms with Gasteiger partial charge in [-0.3, -0.25) is 4.98 Å². The number of pyridine rings is 1. The van der Waals surface area contributed by atoms with E-state index in [1.165, 1.54) is 12.0 Å². The fraction of sp³-hybridized carbons (Fsp3) is 0.667. The van der Waals surface area contributed by atoms with Crippen molar-refractivity contribution in [3.63, 3.8) is 0 Å². The van der Waals surface area contributed by atoms with Gasteiger partial charge in [0.25, 0.3) is 0 Å². The molecule has 0 aromatic carbocycles. The van der Waals surface area contributed by atoms with Crippen LogP contribution in [0.25, 0.3) is 5.32 Å². The summed E-state index contributed by atoms with van der Waals surface area (Å²) in [4.78, 5) is 3.99. The molecule has 1 aromatic rings. The van der Waals surface area contributed by atoms with Crippen LogP contribution in [-0.4, -0.2) is 38.0 Å². The van der Waals surface area contributed by atoms with Gasteiger partial charge in [0.1, 0.15) is 0 Å². The summed E-state index contributed by atoms with van der Waals surface area (Å²) in [5.41, 5.74) is 1.23. The molecule has 0 aliphatic heterocycles. The van der Waals surface area contributed by atoms with Gasteiger partial charge >= 0.3 is 51.4 Å². The van der Waals surface area contributed by atoms with E-state index in [0.717, 1.165) is 39.1 Å². The van der Waals surface area contributed by atoms with Crippen LogP contribution in [0.2, 0.25) is 0 Å². The Bertz CT molecular complexity index is 299. The third kappa shape index (κ3) is 12.4. The molecular formula is C15H25KN2O2. The minimum atomic E-state index is 0. The smallest absolute Gasteiger partial charge is 0.658 e. The van der Waals surface area contributed by atoms with Crippen LogP contribution in [0.15, 0.2) is 24.5 Å². The summed E-state index contributed by atoms with van der Waals surface area (Å²) in [6.45, 7) is 6.74. The van der Waals surface area contributed by atoms with Crippen LogP contribution in [0.5, 0.6) is 0 Å². The van der Waals surface area contributed by atoms with Gasteiger partial charge in [-0.1, -0.05) is 18.4 Å². The van der Waals surface area contributed by atoms with Gasteiger partial charge in [-0.05, 0) is 25.5 Å². The maximum atomic E-state index is 5.45. The maximum Gasteiger partial charge on any atom is 1.00 e. The third-order valence-corrected chi connectivity index (χ3v) is 2.72. The van der Waals surface area contributed by atoms with Crippen LogP contribution >= 0.6 is 0 Å². The molecule has 0 saturated heterocycles. The van der Waals surface area contributed by atoms with Crippen molar-refractivity contribution in [2.45, 2.75) is 32.7 Å². The van der Waals surface area contributed by atoms with Crippen LogP contribution in [0.3, 0.4) is 0 Å². The fourth-order valence-corrected chi connectivity index (χ4v) is 1.67. The molecule has 1 rings (SSSR count). The normalized spacial score (nSPS) is 10.2. The molecule has 5 heteroatoms. The summed E-state index contributed by atoms with van der Waals surface area (Å²) in [7, 11) is 0. The SMILES string of the molecule is CCOCCOCCCCC[N-]Cc1ccncc1.[K+]. The van der Waals surface area contributed by atoms with Crippen molar-refractivity contribution in [2.75, 3.05) is 33.0 Å². The Hall–Kier alpha value is 0.666. The molecule has 0 atom stereocenters. The van der Waals surface area contributed by atoms with E-state index in [4.69, 9.17) is 9.47 Å². The van der Waals surface area contributed by atoms with E-state index in [1.807, 2.05) is 31.5 Å². The van der Waals surface area contributed by atoms with Crippen molar-refractivity contribution in [2.24, 2.45) is 0 Å². The van der Waals surface area contributed by atoms with E-state index >= 15 is 0 Å². The average Bonchev–Trinajstić information content (AvgIpc) is 2.46. The standard InChI is InChI=1S/C15H25N2O2.K/c1-2-18-12-13-19-11-5-3-4-8-17-14-15-6-9-16-10-7-15;/h6-7,9-10H,2-5,8,11-14H2,1H3;/q-1;+1. The molecule has 0 fully saturated rings. The molecule has 1 aromatic heterocycles. The number of nitrogens with zero attached hydrogens (tertiary/aromatic N) is 2. The minimum absolute atomic E-state index is 0. The van der Waals surface area contributed by atoms with Gasteiger partial charge in [-0.25, -0.2) is 0 Å². The molecule has 0 radical (unpaired) electrons. The first-order valence-electron chi connectivity index (χ1n) is 7.11. The van der Waals surface area contributed by atoms with E-state index in [0.29, 0.717) is 13.2 Å². The zero-order valence-electron chi connectivity index (χ0n) is 12.9. The van der Waals surface area contributed by atoms with Crippen LogP contribution in [0.1, 0.15) is 31.7 Å². The molecule has 0 aliphatic carbocycles. The quantitative estimate of drug-likeness (QED) is 0.409. The summed E-state index contributed by atoms with van der Waals surface area (Å²) in [5.74, 6) is 0. The molecule has 0 saturated carbocycles. The van der Waals surface area contributed by atoms with Crippen molar-refractivity contribution in [1.82, 2.24) is 4.98 Å². The summed E-state index contributed by atoms with van der Waals surface area (Å²) < 4.78 is 10.6. The van der Waals surface area contributed by atoms with E-state index < -0.39 is 0 Å². The van der Waals surface area contributed by atoms with Gasteiger partial charge < -0.3 is 14.8 Å². The monoisotopic (exact) mass is 304 g/mol. The predicted molar refractivity (Wildman–Crippen MR) is 77.3 cm³/mol. The second kappa shape index (κ2) is 16.0. The number of hydrogen-bond acceptors (Lipinski definition) is 3. The van der Waals surface area contributed by atoms with Crippen molar-refractivity contribution >= 4 is 0 Å².